The highest BCUT2D eigenvalue weighted by Gasteiger charge is 2.08. The summed E-state index contributed by atoms with van der Waals surface area (Å²) in [5.41, 5.74) is 3.34. The van der Waals surface area contributed by atoms with Crippen LogP contribution in [-0.2, 0) is 4.79 Å². The Hall–Kier alpha value is -2.37. The number of nitrogens with one attached hydrogen (secondary N) is 2. The standard InChI is InChI=1S/C17H14ClN3OS/c1-11(22)19-12-5-4-6-13(9-12)20-17-21-16(10-23-17)14-7-2-3-8-15(14)18/h2-10H,1H3,(H,19,22)(H,20,21). The molecule has 0 unspecified atom stereocenters. The molecule has 0 radical (unpaired) electrons. The van der Waals surface area contributed by atoms with Gasteiger partial charge in [0.15, 0.2) is 5.13 Å². The van der Waals surface area contributed by atoms with Crippen molar-refractivity contribution in [1.29, 1.82) is 0 Å². The summed E-state index contributed by atoms with van der Waals surface area (Å²) in [4.78, 5) is 15.7. The average Bonchev–Trinajstić information content (AvgIpc) is 2.95. The quantitative estimate of drug-likeness (QED) is 0.687. The molecule has 4 nitrogen and oxygen atoms in total. The van der Waals surface area contributed by atoms with E-state index in [2.05, 4.69) is 15.6 Å². The number of nitrogens with zero attached hydrogens (tertiary/aromatic N) is 1. The molecule has 3 rings (SSSR count). The maximum Gasteiger partial charge on any atom is 0.221 e. The van der Waals surface area contributed by atoms with E-state index in [1.165, 1.54) is 18.3 Å². The van der Waals surface area contributed by atoms with Crippen LogP contribution in [0, 0.1) is 0 Å². The number of thiazole rings is 1. The minimum absolute atomic E-state index is 0.0996. The van der Waals surface area contributed by atoms with Crippen molar-refractivity contribution in [1.82, 2.24) is 4.98 Å². The molecular formula is C17H14ClN3OS. The maximum absolute atomic E-state index is 11.1. The molecule has 0 spiro atoms. The molecule has 0 saturated heterocycles. The van der Waals surface area contributed by atoms with E-state index in [0.717, 1.165) is 27.8 Å². The Morgan fingerprint density at radius 1 is 1.13 bits per heavy atom. The van der Waals surface area contributed by atoms with Crippen molar-refractivity contribution in [3.63, 3.8) is 0 Å². The van der Waals surface area contributed by atoms with Crippen LogP contribution >= 0.6 is 22.9 Å². The van der Waals surface area contributed by atoms with E-state index < -0.39 is 0 Å². The van der Waals surface area contributed by atoms with E-state index in [1.54, 1.807) is 0 Å². The van der Waals surface area contributed by atoms with Crippen LogP contribution in [0.2, 0.25) is 5.02 Å². The summed E-state index contributed by atoms with van der Waals surface area (Å²) in [5, 5.41) is 9.40. The van der Waals surface area contributed by atoms with Gasteiger partial charge in [-0.25, -0.2) is 4.98 Å². The van der Waals surface area contributed by atoms with Gasteiger partial charge in [-0.3, -0.25) is 4.79 Å². The number of halogens is 1. The van der Waals surface area contributed by atoms with Gasteiger partial charge < -0.3 is 10.6 Å². The van der Waals surface area contributed by atoms with Gasteiger partial charge >= 0.3 is 0 Å². The van der Waals surface area contributed by atoms with Crippen LogP contribution in [0.1, 0.15) is 6.92 Å². The van der Waals surface area contributed by atoms with Crippen molar-refractivity contribution in [2.24, 2.45) is 0 Å². The number of aromatic nitrogens is 1. The SMILES string of the molecule is CC(=O)Nc1cccc(Nc2nc(-c3ccccc3Cl)cs2)c1. The molecule has 0 saturated carbocycles. The normalized spacial score (nSPS) is 10.3. The van der Waals surface area contributed by atoms with Crippen LogP contribution in [0.5, 0.6) is 0 Å². The van der Waals surface area contributed by atoms with Gasteiger partial charge in [0.05, 0.1) is 5.69 Å². The molecule has 2 aromatic carbocycles. The van der Waals surface area contributed by atoms with E-state index in [0.29, 0.717) is 5.02 Å². The molecule has 0 aliphatic rings. The Morgan fingerprint density at radius 3 is 2.70 bits per heavy atom. The van der Waals surface area contributed by atoms with Crippen LogP contribution in [-0.4, -0.2) is 10.9 Å². The fraction of sp³-hybridized carbons (Fsp3) is 0.0588. The lowest BCUT2D eigenvalue weighted by Crippen LogP contribution is -2.05. The lowest BCUT2D eigenvalue weighted by molar-refractivity contribution is -0.114. The number of hydrogen-bond acceptors (Lipinski definition) is 4. The van der Waals surface area contributed by atoms with Crippen molar-refractivity contribution in [3.8, 4) is 11.3 Å². The Kier molecular flexibility index (Phi) is 4.60. The Morgan fingerprint density at radius 2 is 1.91 bits per heavy atom. The number of hydrogen-bond donors (Lipinski definition) is 2. The van der Waals surface area contributed by atoms with E-state index in [1.807, 2.05) is 53.9 Å². The van der Waals surface area contributed by atoms with E-state index >= 15 is 0 Å². The number of benzene rings is 2. The third-order valence-electron chi connectivity index (χ3n) is 3.09. The van der Waals surface area contributed by atoms with Gasteiger partial charge in [-0.2, -0.15) is 0 Å². The van der Waals surface area contributed by atoms with Crippen LogP contribution in [0.15, 0.2) is 53.9 Å². The summed E-state index contributed by atoms with van der Waals surface area (Å²) in [6.45, 7) is 1.48. The van der Waals surface area contributed by atoms with Gasteiger partial charge in [-0.15, -0.1) is 11.3 Å². The molecule has 1 aromatic heterocycles. The van der Waals surface area contributed by atoms with Crippen molar-refractivity contribution in [2.75, 3.05) is 10.6 Å². The van der Waals surface area contributed by atoms with Crippen LogP contribution in [0.4, 0.5) is 16.5 Å². The zero-order valence-corrected chi connectivity index (χ0v) is 13.9. The van der Waals surface area contributed by atoms with Gasteiger partial charge in [0.1, 0.15) is 0 Å². The highest BCUT2D eigenvalue weighted by molar-refractivity contribution is 7.14. The van der Waals surface area contributed by atoms with Crippen molar-refractivity contribution < 1.29 is 4.79 Å². The number of carbonyl (C=O) groups is 1. The summed E-state index contributed by atoms with van der Waals surface area (Å²) >= 11 is 7.70. The lowest BCUT2D eigenvalue weighted by atomic mass is 10.2. The first-order valence-corrected chi connectivity index (χ1v) is 8.23. The topological polar surface area (TPSA) is 54.0 Å². The molecule has 2 N–H and O–H groups in total. The van der Waals surface area contributed by atoms with E-state index in [-0.39, 0.29) is 5.91 Å². The second kappa shape index (κ2) is 6.81. The lowest BCUT2D eigenvalue weighted by Gasteiger charge is -2.06. The highest BCUT2D eigenvalue weighted by Crippen LogP contribution is 2.31. The second-order valence-corrected chi connectivity index (χ2v) is 6.17. The van der Waals surface area contributed by atoms with E-state index in [9.17, 15) is 4.79 Å². The fourth-order valence-electron chi connectivity index (χ4n) is 2.13. The van der Waals surface area contributed by atoms with Gasteiger partial charge in [-0.05, 0) is 24.3 Å². The molecule has 6 heteroatoms. The van der Waals surface area contributed by atoms with Gasteiger partial charge in [0, 0.05) is 34.3 Å². The van der Waals surface area contributed by atoms with Gasteiger partial charge in [0.25, 0.3) is 0 Å². The third kappa shape index (κ3) is 3.88. The molecule has 23 heavy (non-hydrogen) atoms. The first-order valence-electron chi connectivity index (χ1n) is 6.97. The summed E-state index contributed by atoms with van der Waals surface area (Å²) in [7, 11) is 0. The summed E-state index contributed by atoms with van der Waals surface area (Å²) in [6.07, 6.45) is 0. The van der Waals surface area contributed by atoms with Crippen molar-refractivity contribution >= 4 is 45.4 Å². The zero-order chi connectivity index (χ0) is 16.2. The van der Waals surface area contributed by atoms with E-state index in [4.69, 9.17) is 11.6 Å². The van der Waals surface area contributed by atoms with Gasteiger partial charge in [0.2, 0.25) is 5.91 Å². The van der Waals surface area contributed by atoms with Crippen LogP contribution in [0.25, 0.3) is 11.3 Å². The first kappa shape index (κ1) is 15.5. The molecule has 116 valence electrons. The van der Waals surface area contributed by atoms with Crippen molar-refractivity contribution in [3.05, 3.63) is 58.9 Å². The number of carbonyl (C=O) groups excluding carboxylic acids is 1. The smallest absolute Gasteiger partial charge is 0.221 e. The largest absolute Gasteiger partial charge is 0.331 e. The molecule has 1 amide bonds. The Balaban J connectivity index is 1.80. The highest BCUT2D eigenvalue weighted by atomic mass is 35.5. The minimum atomic E-state index is -0.0996. The van der Waals surface area contributed by atoms with Gasteiger partial charge in [-0.1, -0.05) is 35.9 Å². The molecule has 0 aliphatic heterocycles. The summed E-state index contributed by atoms with van der Waals surface area (Å²) in [6, 6.07) is 15.1. The zero-order valence-electron chi connectivity index (χ0n) is 12.3. The predicted octanol–water partition coefficient (Wildman–Crippen LogP) is 5.17. The predicted molar refractivity (Wildman–Crippen MR) is 96.6 cm³/mol. The molecule has 0 bridgehead atoms. The minimum Gasteiger partial charge on any atom is -0.331 e. The second-order valence-electron chi connectivity index (χ2n) is 4.90. The Bertz CT molecular complexity index is 847. The molecular weight excluding hydrogens is 330 g/mol. The van der Waals surface area contributed by atoms with Crippen LogP contribution in [0.3, 0.4) is 0 Å². The summed E-state index contributed by atoms with van der Waals surface area (Å²) in [5.74, 6) is -0.0996. The molecule has 0 aliphatic carbocycles. The maximum atomic E-state index is 11.1. The summed E-state index contributed by atoms with van der Waals surface area (Å²) < 4.78 is 0. The number of rotatable bonds is 4. The van der Waals surface area contributed by atoms with Crippen molar-refractivity contribution in [2.45, 2.75) is 6.92 Å². The third-order valence-corrected chi connectivity index (χ3v) is 4.18. The number of anilines is 3. The molecule has 0 atom stereocenters. The first-order chi connectivity index (χ1) is 11.1. The monoisotopic (exact) mass is 343 g/mol. The molecule has 0 fully saturated rings. The Labute approximate surface area is 143 Å². The molecule has 1 heterocycles. The number of amides is 1. The van der Waals surface area contributed by atoms with Crippen LogP contribution < -0.4 is 10.6 Å². The molecule has 3 aromatic rings. The average molecular weight is 344 g/mol. The fourth-order valence-corrected chi connectivity index (χ4v) is 3.09.